The first-order valence-corrected chi connectivity index (χ1v) is 10.3. The predicted molar refractivity (Wildman–Crippen MR) is 127 cm³/mol. The molecule has 0 saturated heterocycles. The number of Topliss-reactive ketones (excluding diaryl/α,β-unsaturated/α-hetero) is 1. The smallest absolute Gasteiger partial charge is 0.231 e. The molecule has 2 aliphatic heterocycles. The highest BCUT2D eigenvalue weighted by Crippen LogP contribution is 2.42. The Kier molecular flexibility index (Phi) is 4.30. The van der Waals surface area contributed by atoms with Gasteiger partial charge in [0.05, 0.1) is 33.9 Å². The largest absolute Gasteiger partial charge is 0.506 e. The standard InChI is InChI=1S/C25H24N4O3/c1-26-17-9-5-6-10-18(17)27(2)21(26)13-15-23(30)16(25(32)24(15)31)14-22-28(3)19-11-7-8-12-20(19)29(22)4/h5-14,30H,1-4H3,(H,31,32). The molecule has 1 aliphatic carbocycles. The van der Waals surface area contributed by atoms with Crippen molar-refractivity contribution in [1.82, 2.24) is 0 Å². The number of anilines is 4. The average molecular weight is 428 g/mol. The molecule has 0 aromatic heterocycles. The second-order valence-corrected chi connectivity index (χ2v) is 8.07. The number of ketones is 1. The minimum absolute atomic E-state index is 0.0664. The minimum atomic E-state index is -0.597. The minimum Gasteiger partial charge on any atom is -0.506 e. The van der Waals surface area contributed by atoms with E-state index < -0.39 is 11.5 Å². The molecule has 3 aliphatic rings. The quantitative estimate of drug-likeness (QED) is 0.748. The summed E-state index contributed by atoms with van der Waals surface area (Å²) < 4.78 is 0. The van der Waals surface area contributed by atoms with Crippen LogP contribution in [-0.2, 0) is 4.79 Å². The van der Waals surface area contributed by atoms with E-state index in [0.717, 1.165) is 34.4 Å². The molecular weight excluding hydrogens is 404 g/mol. The molecule has 0 spiro atoms. The third-order valence-electron chi connectivity index (χ3n) is 6.36. The summed E-state index contributed by atoms with van der Waals surface area (Å²) in [5, 5.41) is 21.6. The molecule has 2 aromatic rings. The van der Waals surface area contributed by atoms with Gasteiger partial charge < -0.3 is 29.8 Å². The second kappa shape index (κ2) is 6.95. The predicted octanol–water partition coefficient (Wildman–Crippen LogP) is 4.05. The van der Waals surface area contributed by atoms with Gasteiger partial charge in [0, 0.05) is 28.2 Å². The van der Waals surface area contributed by atoms with Crippen molar-refractivity contribution in [3.63, 3.8) is 0 Å². The zero-order valence-electron chi connectivity index (χ0n) is 18.4. The summed E-state index contributed by atoms with van der Waals surface area (Å²) in [5.74, 6) is 0.178. The SMILES string of the molecule is CN1C(=CC2=C(O)C(C=C3N(C)c4ccccc4N3C)=C(O)C2=O)N(C)c2ccccc21. The van der Waals surface area contributed by atoms with E-state index >= 15 is 0 Å². The Morgan fingerprint density at radius 3 is 1.31 bits per heavy atom. The number of aliphatic hydroxyl groups excluding tert-OH is 2. The zero-order chi connectivity index (χ0) is 22.7. The van der Waals surface area contributed by atoms with Crippen molar-refractivity contribution in [2.24, 2.45) is 0 Å². The number of para-hydroxylation sites is 4. The number of aliphatic hydroxyl groups is 2. The average Bonchev–Trinajstić information content (AvgIpc) is 3.28. The molecule has 0 unspecified atom stereocenters. The van der Waals surface area contributed by atoms with Gasteiger partial charge in [-0.3, -0.25) is 4.79 Å². The summed E-state index contributed by atoms with van der Waals surface area (Å²) >= 11 is 0. The molecule has 0 saturated carbocycles. The molecule has 2 N–H and O–H groups in total. The Labute approximate surface area is 186 Å². The number of carbonyl (C=O) groups is 1. The van der Waals surface area contributed by atoms with Gasteiger partial charge in [-0.25, -0.2) is 0 Å². The van der Waals surface area contributed by atoms with Crippen LogP contribution in [-0.4, -0.2) is 44.2 Å². The van der Waals surface area contributed by atoms with Crippen molar-refractivity contribution >= 4 is 28.5 Å². The fourth-order valence-corrected chi connectivity index (χ4v) is 4.54. The number of hydrogen-bond acceptors (Lipinski definition) is 7. The highest BCUT2D eigenvalue weighted by molar-refractivity contribution is 6.14. The van der Waals surface area contributed by atoms with Crippen LogP contribution in [0.25, 0.3) is 0 Å². The molecule has 0 fully saturated rings. The lowest BCUT2D eigenvalue weighted by Gasteiger charge is -2.19. The maximum atomic E-state index is 12.9. The number of fused-ring (bicyclic) bond motifs is 2. The summed E-state index contributed by atoms with van der Waals surface area (Å²) in [6.07, 6.45) is 3.26. The summed E-state index contributed by atoms with van der Waals surface area (Å²) in [7, 11) is 7.62. The zero-order valence-corrected chi connectivity index (χ0v) is 18.4. The van der Waals surface area contributed by atoms with Gasteiger partial charge in [0.25, 0.3) is 0 Å². The molecule has 0 bridgehead atoms. The molecular formula is C25H24N4O3. The van der Waals surface area contributed by atoms with Crippen LogP contribution in [0.3, 0.4) is 0 Å². The highest BCUT2D eigenvalue weighted by atomic mass is 16.3. The Hall–Kier alpha value is -4.13. The van der Waals surface area contributed by atoms with Crippen molar-refractivity contribution in [3.8, 4) is 0 Å². The lowest BCUT2D eigenvalue weighted by atomic mass is 10.1. The first-order valence-electron chi connectivity index (χ1n) is 10.3. The van der Waals surface area contributed by atoms with Gasteiger partial charge in [-0.05, 0) is 36.4 Å². The topological polar surface area (TPSA) is 70.5 Å². The molecule has 2 aromatic carbocycles. The molecule has 162 valence electrons. The van der Waals surface area contributed by atoms with Gasteiger partial charge >= 0.3 is 0 Å². The first-order chi connectivity index (χ1) is 15.3. The third-order valence-corrected chi connectivity index (χ3v) is 6.36. The van der Waals surface area contributed by atoms with Gasteiger partial charge in [0.1, 0.15) is 17.4 Å². The summed E-state index contributed by atoms with van der Waals surface area (Å²) in [6, 6.07) is 15.8. The van der Waals surface area contributed by atoms with Crippen LogP contribution in [0.1, 0.15) is 0 Å². The lowest BCUT2D eigenvalue weighted by molar-refractivity contribution is -0.114. The Morgan fingerprint density at radius 2 is 0.938 bits per heavy atom. The van der Waals surface area contributed by atoms with Crippen LogP contribution >= 0.6 is 0 Å². The molecule has 2 heterocycles. The van der Waals surface area contributed by atoms with Crippen LogP contribution < -0.4 is 19.6 Å². The van der Waals surface area contributed by atoms with E-state index in [1.165, 1.54) is 0 Å². The van der Waals surface area contributed by atoms with Crippen molar-refractivity contribution in [2.75, 3.05) is 47.8 Å². The van der Waals surface area contributed by atoms with Crippen LogP contribution in [0.5, 0.6) is 0 Å². The van der Waals surface area contributed by atoms with E-state index in [2.05, 4.69) is 0 Å². The molecule has 0 radical (unpaired) electrons. The molecule has 7 nitrogen and oxygen atoms in total. The number of carbonyl (C=O) groups excluding carboxylic acids is 1. The van der Waals surface area contributed by atoms with Crippen molar-refractivity contribution in [1.29, 1.82) is 0 Å². The third kappa shape index (κ3) is 2.64. The molecule has 0 amide bonds. The Balaban J connectivity index is 1.54. The van der Waals surface area contributed by atoms with Crippen molar-refractivity contribution in [3.05, 3.63) is 95.0 Å². The van der Waals surface area contributed by atoms with Crippen molar-refractivity contribution in [2.45, 2.75) is 0 Å². The van der Waals surface area contributed by atoms with E-state index in [1.807, 2.05) is 96.3 Å². The number of rotatable bonds is 2. The highest BCUT2D eigenvalue weighted by Gasteiger charge is 2.35. The Bertz CT molecular complexity index is 1230. The fraction of sp³-hybridized carbons (Fsp3) is 0.160. The maximum absolute atomic E-state index is 12.9. The number of hydrogen-bond donors (Lipinski definition) is 2. The summed E-state index contributed by atoms with van der Waals surface area (Å²) in [4.78, 5) is 20.7. The molecule has 5 rings (SSSR count). The first kappa shape index (κ1) is 19.8. The monoisotopic (exact) mass is 428 g/mol. The van der Waals surface area contributed by atoms with Crippen LogP contribution in [0.2, 0.25) is 0 Å². The van der Waals surface area contributed by atoms with Gasteiger partial charge in [-0.15, -0.1) is 0 Å². The molecule has 7 heteroatoms. The Morgan fingerprint density at radius 1 is 0.594 bits per heavy atom. The summed E-state index contributed by atoms with van der Waals surface area (Å²) in [5.41, 5.74) is 4.18. The van der Waals surface area contributed by atoms with E-state index in [1.54, 1.807) is 12.2 Å². The van der Waals surface area contributed by atoms with E-state index in [0.29, 0.717) is 0 Å². The van der Waals surface area contributed by atoms with Gasteiger partial charge in [0.2, 0.25) is 5.78 Å². The lowest BCUT2D eigenvalue weighted by Crippen LogP contribution is -2.22. The van der Waals surface area contributed by atoms with Crippen LogP contribution in [0.4, 0.5) is 22.7 Å². The van der Waals surface area contributed by atoms with E-state index in [-0.39, 0.29) is 16.9 Å². The van der Waals surface area contributed by atoms with Crippen LogP contribution in [0, 0.1) is 0 Å². The number of allylic oxidation sites excluding steroid dienone is 3. The van der Waals surface area contributed by atoms with Gasteiger partial charge in [-0.2, -0.15) is 0 Å². The molecule has 32 heavy (non-hydrogen) atoms. The van der Waals surface area contributed by atoms with Gasteiger partial charge in [-0.1, -0.05) is 24.3 Å². The van der Waals surface area contributed by atoms with E-state index in [4.69, 9.17) is 0 Å². The van der Waals surface area contributed by atoms with Crippen LogP contribution in [0.15, 0.2) is 95.0 Å². The second-order valence-electron chi connectivity index (χ2n) is 8.07. The fourth-order valence-electron chi connectivity index (χ4n) is 4.54. The summed E-state index contributed by atoms with van der Waals surface area (Å²) in [6.45, 7) is 0. The normalized spacial score (nSPS) is 17.7. The van der Waals surface area contributed by atoms with E-state index in [9.17, 15) is 15.0 Å². The maximum Gasteiger partial charge on any atom is 0.231 e. The number of benzene rings is 2. The number of nitrogens with zero attached hydrogens (tertiary/aromatic N) is 4. The van der Waals surface area contributed by atoms with Crippen molar-refractivity contribution < 1.29 is 15.0 Å². The van der Waals surface area contributed by atoms with Gasteiger partial charge in [0.15, 0.2) is 5.76 Å². The molecule has 0 atom stereocenters.